The molecule has 6 heteroatoms. The van der Waals surface area contributed by atoms with Crippen molar-refractivity contribution in [3.05, 3.63) is 30.1 Å². The van der Waals surface area contributed by atoms with E-state index in [2.05, 4.69) is 21.3 Å². The number of rotatable bonds is 4. The van der Waals surface area contributed by atoms with Crippen LogP contribution in [0.3, 0.4) is 0 Å². The molecule has 0 spiro atoms. The van der Waals surface area contributed by atoms with Gasteiger partial charge in [0.25, 0.3) is 0 Å². The lowest BCUT2D eigenvalue weighted by Crippen LogP contribution is -2.48. The number of hydrogen-bond donors (Lipinski definition) is 1. The van der Waals surface area contributed by atoms with Gasteiger partial charge in [-0.1, -0.05) is 6.07 Å². The van der Waals surface area contributed by atoms with E-state index in [1.54, 1.807) is 6.20 Å². The Bertz CT molecular complexity index is 476. The van der Waals surface area contributed by atoms with Crippen LogP contribution in [0.1, 0.15) is 18.0 Å². The highest BCUT2D eigenvalue weighted by Gasteiger charge is 2.25. The Morgan fingerprint density at radius 3 is 3.00 bits per heavy atom. The van der Waals surface area contributed by atoms with Crippen LogP contribution >= 0.6 is 0 Å². The van der Waals surface area contributed by atoms with Crippen molar-refractivity contribution in [1.29, 1.82) is 0 Å². The molecule has 2 fully saturated rings. The van der Waals surface area contributed by atoms with Crippen LogP contribution in [0.15, 0.2) is 24.5 Å². The number of carbonyl (C=O) groups is 1. The van der Waals surface area contributed by atoms with Gasteiger partial charge in [-0.25, -0.2) is 0 Å². The molecular weight excluding hydrogens is 280 g/mol. The standard InChI is InChI=1S/C16H24N4O2/c21-16(20-8-10-22-11-9-20)3-6-19-7-5-18-13-15(19)14-2-1-4-17-12-14/h1-2,4,12,15,18H,3,5-11,13H2. The molecule has 1 aromatic rings. The zero-order valence-electron chi connectivity index (χ0n) is 12.9. The average molecular weight is 304 g/mol. The molecule has 2 aliphatic heterocycles. The number of amides is 1. The van der Waals surface area contributed by atoms with Gasteiger partial charge in [-0.2, -0.15) is 0 Å². The summed E-state index contributed by atoms with van der Waals surface area (Å²) in [5.74, 6) is 0.242. The molecule has 0 saturated carbocycles. The van der Waals surface area contributed by atoms with Crippen LogP contribution in [0.5, 0.6) is 0 Å². The second-order valence-corrected chi connectivity index (χ2v) is 5.79. The topological polar surface area (TPSA) is 57.7 Å². The Labute approximate surface area is 131 Å². The Hall–Kier alpha value is -1.50. The summed E-state index contributed by atoms with van der Waals surface area (Å²) >= 11 is 0. The monoisotopic (exact) mass is 304 g/mol. The van der Waals surface area contributed by atoms with Gasteiger partial charge in [0.05, 0.1) is 13.2 Å². The molecule has 1 atom stereocenters. The van der Waals surface area contributed by atoms with Gasteiger partial charge in [0.1, 0.15) is 0 Å². The molecule has 2 aliphatic rings. The van der Waals surface area contributed by atoms with Crippen LogP contribution in [0.2, 0.25) is 0 Å². The number of nitrogens with zero attached hydrogens (tertiary/aromatic N) is 3. The van der Waals surface area contributed by atoms with Crippen LogP contribution in [-0.4, -0.2) is 73.2 Å². The molecule has 0 radical (unpaired) electrons. The Morgan fingerprint density at radius 2 is 2.23 bits per heavy atom. The molecule has 0 aromatic carbocycles. The van der Waals surface area contributed by atoms with E-state index in [0.717, 1.165) is 39.3 Å². The van der Waals surface area contributed by atoms with Crippen molar-refractivity contribution >= 4 is 5.91 Å². The van der Waals surface area contributed by atoms with Crippen molar-refractivity contribution in [1.82, 2.24) is 20.1 Å². The fraction of sp³-hybridized carbons (Fsp3) is 0.625. The molecule has 1 amide bonds. The predicted molar refractivity (Wildman–Crippen MR) is 83.4 cm³/mol. The van der Waals surface area contributed by atoms with E-state index in [1.165, 1.54) is 5.56 Å². The van der Waals surface area contributed by atoms with E-state index >= 15 is 0 Å². The molecule has 120 valence electrons. The third-order valence-corrected chi connectivity index (χ3v) is 4.40. The lowest BCUT2D eigenvalue weighted by atomic mass is 10.1. The van der Waals surface area contributed by atoms with Crippen molar-refractivity contribution in [3.63, 3.8) is 0 Å². The van der Waals surface area contributed by atoms with E-state index in [0.29, 0.717) is 25.7 Å². The Kier molecular flexibility index (Phi) is 5.37. The number of morpholine rings is 1. The number of ether oxygens (including phenoxy) is 1. The molecule has 6 nitrogen and oxygen atoms in total. The largest absolute Gasteiger partial charge is 0.378 e. The summed E-state index contributed by atoms with van der Waals surface area (Å²) in [5, 5.41) is 3.43. The van der Waals surface area contributed by atoms with Gasteiger partial charge in [0.2, 0.25) is 5.91 Å². The normalized spacial score (nSPS) is 23.5. The highest BCUT2D eigenvalue weighted by Crippen LogP contribution is 2.21. The maximum atomic E-state index is 12.3. The smallest absolute Gasteiger partial charge is 0.224 e. The molecule has 1 unspecified atom stereocenters. The third kappa shape index (κ3) is 3.82. The van der Waals surface area contributed by atoms with Crippen LogP contribution < -0.4 is 5.32 Å². The van der Waals surface area contributed by atoms with Gasteiger partial charge in [-0.3, -0.25) is 14.7 Å². The van der Waals surface area contributed by atoms with Gasteiger partial charge >= 0.3 is 0 Å². The Morgan fingerprint density at radius 1 is 1.36 bits per heavy atom. The molecule has 3 heterocycles. The first-order valence-electron chi connectivity index (χ1n) is 8.05. The molecule has 0 bridgehead atoms. The maximum Gasteiger partial charge on any atom is 0.224 e. The van der Waals surface area contributed by atoms with E-state index in [1.807, 2.05) is 17.2 Å². The van der Waals surface area contributed by atoms with Crippen LogP contribution in [0, 0.1) is 0 Å². The first-order chi connectivity index (χ1) is 10.8. The summed E-state index contributed by atoms with van der Waals surface area (Å²) in [7, 11) is 0. The summed E-state index contributed by atoms with van der Waals surface area (Å²) in [5.41, 5.74) is 1.22. The molecule has 1 N–H and O–H groups in total. The van der Waals surface area contributed by atoms with Crippen LogP contribution in [-0.2, 0) is 9.53 Å². The average Bonchev–Trinajstić information content (AvgIpc) is 2.61. The number of aromatic nitrogens is 1. The second-order valence-electron chi connectivity index (χ2n) is 5.79. The van der Waals surface area contributed by atoms with Crippen molar-refractivity contribution in [2.75, 3.05) is 52.5 Å². The number of piperazine rings is 1. The fourth-order valence-electron chi connectivity index (χ4n) is 3.13. The van der Waals surface area contributed by atoms with Crippen molar-refractivity contribution in [3.8, 4) is 0 Å². The lowest BCUT2D eigenvalue weighted by molar-refractivity contribution is -0.135. The van der Waals surface area contributed by atoms with Crippen molar-refractivity contribution in [2.24, 2.45) is 0 Å². The first-order valence-corrected chi connectivity index (χ1v) is 8.05. The summed E-state index contributed by atoms with van der Waals surface area (Å²) < 4.78 is 5.30. The number of pyridine rings is 1. The summed E-state index contributed by atoms with van der Waals surface area (Å²) in [6.07, 6.45) is 4.30. The van der Waals surface area contributed by atoms with Crippen molar-refractivity contribution < 1.29 is 9.53 Å². The molecule has 22 heavy (non-hydrogen) atoms. The molecule has 2 saturated heterocycles. The third-order valence-electron chi connectivity index (χ3n) is 4.40. The van der Waals surface area contributed by atoms with Gasteiger partial charge < -0.3 is 15.0 Å². The minimum atomic E-state index is 0.242. The van der Waals surface area contributed by atoms with Gasteiger partial charge in [0.15, 0.2) is 0 Å². The van der Waals surface area contributed by atoms with E-state index in [4.69, 9.17) is 4.74 Å². The SMILES string of the molecule is O=C(CCN1CCNCC1c1cccnc1)N1CCOCC1. The maximum absolute atomic E-state index is 12.3. The zero-order valence-corrected chi connectivity index (χ0v) is 12.9. The van der Waals surface area contributed by atoms with Crippen LogP contribution in [0.4, 0.5) is 0 Å². The highest BCUT2D eigenvalue weighted by molar-refractivity contribution is 5.76. The second kappa shape index (κ2) is 7.67. The molecule has 3 rings (SSSR count). The summed E-state index contributed by atoms with van der Waals surface area (Å²) in [4.78, 5) is 20.8. The lowest BCUT2D eigenvalue weighted by Gasteiger charge is -2.36. The van der Waals surface area contributed by atoms with Crippen LogP contribution in [0.25, 0.3) is 0 Å². The predicted octanol–water partition coefficient (Wildman–Crippen LogP) is 0.277. The van der Waals surface area contributed by atoms with Crippen molar-refractivity contribution in [2.45, 2.75) is 12.5 Å². The molecular formula is C16H24N4O2. The fourth-order valence-corrected chi connectivity index (χ4v) is 3.13. The number of nitrogens with one attached hydrogen (secondary N) is 1. The van der Waals surface area contributed by atoms with Gasteiger partial charge in [-0.05, 0) is 11.6 Å². The zero-order chi connectivity index (χ0) is 15.2. The molecule has 1 aromatic heterocycles. The number of carbonyl (C=O) groups excluding carboxylic acids is 1. The first kappa shape index (κ1) is 15.4. The Balaban J connectivity index is 1.56. The number of hydrogen-bond acceptors (Lipinski definition) is 5. The van der Waals surface area contributed by atoms with E-state index in [9.17, 15) is 4.79 Å². The quantitative estimate of drug-likeness (QED) is 0.866. The summed E-state index contributed by atoms with van der Waals surface area (Å²) in [6.45, 7) is 6.45. The van der Waals surface area contributed by atoms with Gasteiger partial charge in [-0.15, -0.1) is 0 Å². The van der Waals surface area contributed by atoms with E-state index in [-0.39, 0.29) is 5.91 Å². The minimum Gasteiger partial charge on any atom is -0.378 e. The summed E-state index contributed by atoms with van der Waals surface area (Å²) in [6, 6.07) is 4.39. The van der Waals surface area contributed by atoms with Gasteiger partial charge in [0, 0.05) is 64.1 Å². The highest BCUT2D eigenvalue weighted by atomic mass is 16.5. The minimum absolute atomic E-state index is 0.242. The van der Waals surface area contributed by atoms with E-state index < -0.39 is 0 Å². The molecule has 0 aliphatic carbocycles.